The van der Waals surface area contributed by atoms with Crippen molar-refractivity contribution in [3.63, 3.8) is 0 Å². The molecule has 0 fully saturated rings. The highest BCUT2D eigenvalue weighted by atomic mass is 16.4. The highest BCUT2D eigenvalue weighted by Gasteiger charge is 2.14. The van der Waals surface area contributed by atoms with Gasteiger partial charge >= 0.3 is 12.0 Å². The Hall–Kier alpha value is -2.60. The summed E-state index contributed by atoms with van der Waals surface area (Å²) in [5.41, 5.74) is 0.616. The number of aliphatic carboxylic acids is 1. The fraction of sp³-hybridized carbons (Fsp3) is 0.143. The molecular formula is C14H14N2O4. The van der Waals surface area contributed by atoms with Gasteiger partial charge in [-0.3, -0.25) is 0 Å². The maximum Gasteiger partial charge on any atom is 0.334 e. The summed E-state index contributed by atoms with van der Waals surface area (Å²) >= 11 is 0. The predicted molar refractivity (Wildman–Crippen MR) is 74.6 cm³/mol. The molecule has 2 rings (SSSR count). The Balaban J connectivity index is 2.05. The van der Waals surface area contributed by atoms with E-state index in [4.69, 9.17) is 10.2 Å². The smallest absolute Gasteiger partial charge is 0.334 e. The first kappa shape index (κ1) is 13.8. The second-order valence-corrected chi connectivity index (χ2v) is 4.22. The van der Waals surface area contributed by atoms with Crippen molar-refractivity contribution in [3.05, 3.63) is 42.5 Å². The van der Waals surface area contributed by atoms with Gasteiger partial charge in [0, 0.05) is 5.39 Å². The first-order chi connectivity index (χ1) is 9.58. The molecule has 0 aromatic heterocycles. The Labute approximate surface area is 115 Å². The van der Waals surface area contributed by atoms with Gasteiger partial charge in [-0.15, -0.1) is 0 Å². The van der Waals surface area contributed by atoms with Crippen molar-refractivity contribution in [1.82, 2.24) is 5.32 Å². The number of aliphatic hydroxyl groups excluding tert-OH is 1. The Morgan fingerprint density at radius 2 is 1.80 bits per heavy atom. The SMILES string of the molecule is O=C(NCC(O)C(=O)O)Nc1cccc2ccccc12. The number of hydrogen-bond donors (Lipinski definition) is 4. The van der Waals surface area contributed by atoms with E-state index in [1.54, 1.807) is 6.07 Å². The summed E-state index contributed by atoms with van der Waals surface area (Å²) in [4.78, 5) is 22.1. The number of hydrogen-bond acceptors (Lipinski definition) is 3. The van der Waals surface area contributed by atoms with Crippen LogP contribution in [0.25, 0.3) is 10.8 Å². The summed E-state index contributed by atoms with van der Waals surface area (Å²) in [6.45, 7) is -0.355. The highest BCUT2D eigenvalue weighted by Crippen LogP contribution is 2.22. The molecule has 1 atom stereocenters. The van der Waals surface area contributed by atoms with Gasteiger partial charge in [-0.2, -0.15) is 0 Å². The van der Waals surface area contributed by atoms with Crippen molar-refractivity contribution in [2.24, 2.45) is 0 Å². The molecule has 6 heteroatoms. The molecule has 0 saturated heterocycles. The number of carbonyl (C=O) groups is 2. The second-order valence-electron chi connectivity index (χ2n) is 4.22. The van der Waals surface area contributed by atoms with Gasteiger partial charge < -0.3 is 20.8 Å². The number of nitrogens with one attached hydrogen (secondary N) is 2. The Kier molecular flexibility index (Phi) is 4.17. The lowest BCUT2D eigenvalue weighted by atomic mass is 10.1. The maximum absolute atomic E-state index is 11.7. The Morgan fingerprint density at radius 1 is 1.10 bits per heavy atom. The van der Waals surface area contributed by atoms with Crippen LogP contribution in [0.15, 0.2) is 42.5 Å². The number of aliphatic hydroxyl groups is 1. The predicted octanol–water partition coefficient (Wildman–Crippen LogP) is 1.41. The number of benzene rings is 2. The van der Waals surface area contributed by atoms with E-state index in [0.717, 1.165) is 10.8 Å². The van der Waals surface area contributed by atoms with Crippen molar-refractivity contribution in [3.8, 4) is 0 Å². The molecule has 0 heterocycles. The fourth-order valence-corrected chi connectivity index (χ4v) is 1.78. The number of fused-ring (bicyclic) bond motifs is 1. The highest BCUT2D eigenvalue weighted by molar-refractivity contribution is 6.01. The molecule has 0 aliphatic rings. The number of carbonyl (C=O) groups excluding carboxylic acids is 1. The zero-order valence-electron chi connectivity index (χ0n) is 10.5. The lowest BCUT2D eigenvalue weighted by Gasteiger charge is -2.11. The van der Waals surface area contributed by atoms with Gasteiger partial charge in [-0.25, -0.2) is 9.59 Å². The van der Waals surface area contributed by atoms with Gasteiger partial charge in [0.15, 0.2) is 6.10 Å². The molecule has 0 bridgehead atoms. The fourth-order valence-electron chi connectivity index (χ4n) is 1.78. The molecule has 0 radical (unpaired) electrons. The molecule has 104 valence electrons. The van der Waals surface area contributed by atoms with E-state index in [9.17, 15) is 9.59 Å². The third-order valence-corrected chi connectivity index (χ3v) is 2.78. The Bertz CT molecular complexity index is 637. The van der Waals surface area contributed by atoms with E-state index >= 15 is 0 Å². The van der Waals surface area contributed by atoms with E-state index in [2.05, 4.69) is 10.6 Å². The van der Waals surface area contributed by atoms with Gasteiger partial charge in [0.2, 0.25) is 0 Å². The molecule has 2 aromatic carbocycles. The first-order valence-electron chi connectivity index (χ1n) is 6.01. The summed E-state index contributed by atoms with van der Waals surface area (Å²) in [7, 11) is 0. The molecule has 0 aliphatic heterocycles. The summed E-state index contributed by atoms with van der Waals surface area (Å²) in [6.07, 6.45) is -1.62. The van der Waals surface area contributed by atoms with Crippen molar-refractivity contribution < 1.29 is 19.8 Å². The van der Waals surface area contributed by atoms with Gasteiger partial charge in [-0.05, 0) is 11.5 Å². The lowest BCUT2D eigenvalue weighted by molar-refractivity contribution is -0.146. The first-order valence-corrected chi connectivity index (χ1v) is 6.01. The van der Waals surface area contributed by atoms with Crippen LogP contribution in [0, 0.1) is 0 Å². The molecule has 6 nitrogen and oxygen atoms in total. The quantitative estimate of drug-likeness (QED) is 0.677. The van der Waals surface area contributed by atoms with Crippen LogP contribution in [0.4, 0.5) is 10.5 Å². The minimum atomic E-state index is -1.62. The lowest BCUT2D eigenvalue weighted by Crippen LogP contribution is -2.38. The zero-order valence-corrected chi connectivity index (χ0v) is 10.5. The largest absolute Gasteiger partial charge is 0.479 e. The molecule has 1 unspecified atom stereocenters. The van der Waals surface area contributed by atoms with Crippen LogP contribution < -0.4 is 10.6 Å². The molecule has 0 spiro atoms. The summed E-state index contributed by atoms with van der Waals surface area (Å²) in [5.74, 6) is -1.38. The summed E-state index contributed by atoms with van der Waals surface area (Å²) in [6, 6.07) is 12.5. The van der Waals surface area contributed by atoms with Crippen molar-refractivity contribution >= 4 is 28.5 Å². The monoisotopic (exact) mass is 274 g/mol. The molecular weight excluding hydrogens is 260 g/mol. The third kappa shape index (κ3) is 3.24. The second kappa shape index (κ2) is 6.03. The van der Waals surface area contributed by atoms with E-state index < -0.39 is 18.1 Å². The molecule has 4 N–H and O–H groups in total. The van der Waals surface area contributed by atoms with Crippen molar-refractivity contribution in [2.75, 3.05) is 11.9 Å². The average molecular weight is 274 g/mol. The van der Waals surface area contributed by atoms with Gasteiger partial charge in [0.25, 0.3) is 0 Å². The minimum Gasteiger partial charge on any atom is -0.479 e. The number of urea groups is 1. The molecule has 0 aliphatic carbocycles. The van der Waals surface area contributed by atoms with Crippen molar-refractivity contribution in [1.29, 1.82) is 0 Å². The van der Waals surface area contributed by atoms with Crippen molar-refractivity contribution in [2.45, 2.75) is 6.10 Å². The van der Waals surface area contributed by atoms with Gasteiger partial charge in [0.1, 0.15) is 0 Å². The number of carboxylic acid groups (broad SMARTS) is 1. The van der Waals surface area contributed by atoms with Crippen LogP contribution in [0.1, 0.15) is 0 Å². The van der Waals surface area contributed by atoms with Crippen LogP contribution in [0.3, 0.4) is 0 Å². The van der Waals surface area contributed by atoms with E-state index in [1.807, 2.05) is 36.4 Å². The van der Waals surface area contributed by atoms with Crippen LogP contribution in [0.5, 0.6) is 0 Å². The standard InChI is InChI=1S/C14H14N2O4/c17-12(13(18)19)8-15-14(20)16-11-7-3-5-9-4-1-2-6-10(9)11/h1-7,12,17H,8H2,(H,18,19)(H2,15,16,20). The average Bonchev–Trinajstić information content (AvgIpc) is 2.45. The number of carboxylic acids is 1. The molecule has 2 amide bonds. The topological polar surface area (TPSA) is 98.7 Å². The van der Waals surface area contributed by atoms with Crippen LogP contribution in [-0.4, -0.2) is 34.9 Å². The van der Waals surface area contributed by atoms with Crippen LogP contribution >= 0.6 is 0 Å². The van der Waals surface area contributed by atoms with E-state index in [0.29, 0.717) is 5.69 Å². The molecule has 0 saturated carbocycles. The zero-order chi connectivity index (χ0) is 14.5. The summed E-state index contributed by atoms with van der Waals surface area (Å²) in [5, 5.41) is 24.4. The molecule has 20 heavy (non-hydrogen) atoms. The van der Waals surface area contributed by atoms with Crippen LogP contribution in [-0.2, 0) is 4.79 Å². The van der Waals surface area contributed by atoms with Crippen LogP contribution in [0.2, 0.25) is 0 Å². The number of anilines is 1. The third-order valence-electron chi connectivity index (χ3n) is 2.78. The maximum atomic E-state index is 11.7. The van der Waals surface area contributed by atoms with Gasteiger partial charge in [-0.1, -0.05) is 36.4 Å². The van der Waals surface area contributed by atoms with E-state index in [-0.39, 0.29) is 6.54 Å². The number of amides is 2. The van der Waals surface area contributed by atoms with Gasteiger partial charge in [0.05, 0.1) is 12.2 Å². The Morgan fingerprint density at radius 3 is 2.55 bits per heavy atom. The minimum absolute atomic E-state index is 0.355. The normalized spacial score (nSPS) is 11.8. The summed E-state index contributed by atoms with van der Waals surface area (Å²) < 4.78 is 0. The van der Waals surface area contributed by atoms with E-state index in [1.165, 1.54) is 0 Å². The molecule has 2 aromatic rings. The number of rotatable bonds is 4.